The van der Waals surface area contributed by atoms with E-state index in [0.717, 1.165) is 21.6 Å². The number of aryl methyl sites for hydroxylation is 1. The van der Waals surface area contributed by atoms with Crippen molar-refractivity contribution in [1.29, 1.82) is 0 Å². The molecule has 210 valence electrons. The first-order valence-electron chi connectivity index (χ1n) is 12.9. The molecule has 2 aromatic carbocycles. The second kappa shape index (κ2) is 14.3. The van der Waals surface area contributed by atoms with Crippen LogP contribution in [0.1, 0.15) is 35.4 Å². The lowest BCUT2D eigenvalue weighted by atomic mass is 10.1. The van der Waals surface area contributed by atoms with Crippen LogP contribution in [0.25, 0.3) is 6.08 Å². The van der Waals surface area contributed by atoms with E-state index in [1.54, 1.807) is 36.5 Å². The largest absolute Gasteiger partial charge is 0.493 e. The molecule has 1 amide bonds. The van der Waals surface area contributed by atoms with Crippen molar-refractivity contribution in [2.45, 2.75) is 33.7 Å². The summed E-state index contributed by atoms with van der Waals surface area (Å²) in [5, 5.41) is 3.20. The molecule has 0 N–H and O–H groups in total. The summed E-state index contributed by atoms with van der Waals surface area (Å²) < 4.78 is 38.7. The van der Waals surface area contributed by atoms with Gasteiger partial charge in [0.05, 0.1) is 27.3 Å². The molecule has 0 aliphatic carbocycles. The highest BCUT2D eigenvalue weighted by Gasteiger charge is 2.26. The smallest absolute Gasteiger partial charge is 0.238 e. The Bertz CT molecular complexity index is 1350. The van der Waals surface area contributed by atoms with Gasteiger partial charge in [-0.05, 0) is 65.6 Å². The van der Waals surface area contributed by atoms with E-state index in [-0.39, 0.29) is 24.9 Å². The Balaban J connectivity index is 1.82. The van der Waals surface area contributed by atoms with Gasteiger partial charge >= 0.3 is 0 Å². The molecular weight excluding hydrogens is 532 g/mol. The van der Waals surface area contributed by atoms with E-state index in [1.807, 2.05) is 80.7 Å². The monoisotopic (exact) mass is 570 g/mol. The molecule has 0 unspecified atom stereocenters. The van der Waals surface area contributed by atoms with E-state index in [9.17, 15) is 13.2 Å². The van der Waals surface area contributed by atoms with E-state index in [1.165, 1.54) is 9.71 Å². The third-order valence-electron chi connectivity index (χ3n) is 6.25. The lowest BCUT2D eigenvalue weighted by molar-refractivity contribution is -0.132. The van der Waals surface area contributed by atoms with Crippen molar-refractivity contribution in [1.82, 2.24) is 9.21 Å². The summed E-state index contributed by atoms with van der Waals surface area (Å²) >= 11 is 1.60. The maximum Gasteiger partial charge on any atom is 0.238 e. The molecule has 0 saturated heterocycles. The average Bonchev–Trinajstić information content (AvgIpc) is 3.33. The molecule has 3 aromatic rings. The topological polar surface area (TPSA) is 76.2 Å². The van der Waals surface area contributed by atoms with Crippen molar-refractivity contribution < 1.29 is 22.7 Å². The van der Waals surface area contributed by atoms with Gasteiger partial charge in [0.25, 0.3) is 0 Å². The van der Waals surface area contributed by atoms with E-state index in [2.05, 4.69) is 0 Å². The average molecular weight is 571 g/mol. The number of nitrogens with zero attached hydrogens (tertiary/aromatic N) is 2. The number of benzene rings is 2. The van der Waals surface area contributed by atoms with Crippen molar-refractivity contribution >= 4 is 33.3 Å². The number of hydrogen-bond acceptors (Lipinski definition) is 6. The van der Waals surface area contributed by atoms with Crippen LogP contribution in [0.4, 0.5) is 0 Å². The number of sulfonamides is 1. The maximum absolute atomic E-state index is 13.7. The van der Waals surface area contributed by atoms with E-state index in [4.69, 9.17) is 9.47 Å². The van der Waals surface area contributed by atoms with Crippen LogP contribution in [0.15, 0.2) is 65.4 Å². The molecule has 0 saturated carbocycles. The maximum atomic E-state index is 13.7. The van der Waals surface area contributed by atoms with Gasteiger partial charge in [0.15, 0.2) is 11.5 Å². The number of methoxy groups -OCH3 is 2. The lowest BCUT2D eigenvalue weighted by Gasteiger charge is -2.27. The van der Waals surface area contributed by atoms with Crippen molar-refractivity contribution in [3.63, 3.8) is 0 Å². The quantitative estimate of drug-likeness (QED) is 0.252. The number of rotatable bonds is 14. The molecule has 9 heteroatoms. The SMILES string of the molecule is COc1ccc(CCN(Cc2sccc2C)C(=O)CN(CC(C)C)S(=O)(=O)C=Cc2ccccc2)cc1OC. The molecule has 7 nitrogen and oxygen atoms in total. The van der Waals surface area contributed by atoms with Gasteiger partial charge in [-0.2, -0.15) is 4.31 Å². The molecule has 0 bridgehead atoms. The Morgan fingerprint density at radius 1 is 1.03 bits per heavy atom. The zero-order chi connectivity index (χ0) is 28.4. The highest BCUT2D eigenvalue weighted by molar-refractivity contribution is 7.92. The molecule has 0 fully saturated rings. The van der Waals surface area contributed by atoms with Gasteiger partial charge in [0.2, 0.25) is 15.9 Å². The third kappa shape index (κ3) is 8.95. The third-order valence-corrected chi connectivity index (χ3v) is 8.73. The molecule has 0 radical (unpaired) electrons. The van der Waals surface area contributed by atoms with Crippen LogP contribution in [0, 0.1) is 12.8 Å². The Labute approximate surface area is 236 Å². The Morgan fingerprint density at radius 2 is 1.74 bits per heavy atom. The molecule has 0 atom stereocenters. The molecule has 39 heavy (non-hydrogen) atoms. The molecule has 0 aliphatic rings. The molecular formula is C30H38N2O5S2. The van der Waals surface area contributed by atoms with Gasteiger partial charge in [-0.3, -0.25) is 4.79 Å². The first kappa shape index (κ1) is 30.4. The Kier molecular flexibility index (Phi) is 11.2. The summed E-state index contributed by atoms with van der Waals surface area (Å²) in [6.45, 7) is 6.78. The normalized spacial score (nSPS) is 11.9. The standard InChI is InChI=1S/C30H38N2O5S2/c1-23(2)20-32(39(34,35)18-15-25-9-7-6-8-10-25)22-30(33)31(21-29-24(3)14-17-38-29)16-13-26-11-12-27(36-4)28(19-26)37-5/h6-12,14-15,17-19,23H,13,16,20-22H2,1-5H3. The van der Waals surface area contributed by atoms with Crippen molar-refractivity contribution in [2.75, 3.05) is 33.9 Å². The lowest BCUT2D eigenvalue weighted by Crippen LogP contribution is -2.44. The Morgan fingerprint density at radius 3 is 2.36 bits per heavy atom. The molecule has 0 spiro atoms. The highest BCUT2D eigenvalue weighted by atomic mass is 32.2. The predicted molar refractivity (Wildman–Crippen MR) is 159 cm³/mol. The summed E-state index contributed by atoms with van der Waals surface area (Å²) in [5.74, 6) is 1.08. The van der Waals surface area contributed by atoms with E-state index in [0.29, 0.717) is 31.0 Å². The van der Waals surface area contributed by atoms with Crippen LogP contribution in [-0.2, 0) is 27.8 Å². The van der Waals surface area contributed by atoms with Crippen molar-refractivity contribution in [3.8, 4) is 11.5 Å². The highest BCUT2D eigenvalue weighted by Crippen LogP contribution is 2.28. The first-order valence-corrected chi connectivity index (χ1v) is 15.3. The van der Waals surface area contributed by atoms with Gasteiger partial charge in [-0.1, -0.05) is 50.2 Å². The Hall–Kier alpha value is -3.14. The number of amides is 1. The summed E-state index contributed by atoms with van der Waals surface area (Å²) in [6, 6.07) is 17.0. The first-order chi connectivity index (χ1) is 18.6. The number of carbonyl (C=O) groups excluding carboxylic acids is 1. The minimum atomic E-state index is -3.82. The molecule has 1 aromatic heterocycles. The zero-order valence-electron chi connectivity index (χ0n) is 23.3. The molecule has 1 heterocycles. The summed E-state index contributed by atoms with van der Waals surface area (Å²) in [4.78, 5) is 16.5. The van der Waals surface area contributed by atoms with Crippen LogP contribution in [0.2, 0.25) is 0 Å². The van der Waals surface area contributed by atoms with E-state index >= 15 is 0 Å². The fraction of sp³-hybridized carbons (Fsp3) is 0.367. The number of thiophene rings is 1. The minimum absolute atomic E-state index is 0.0532. The van der Waals surface area contributed by atoms with Crippen LogP contribution in [-0.4, -0.2) is 57.4 Å². The zero-order valence-corrected chi connectivity index (χ0v) is 24.9. The number of hydrogen-bond donors (Lipinski definition) is 0. The second-order valence-corrected chi connectivity index (χ2v) is 12.5. The van der Waals surface area contributed by atoms with Crippen LogP contribution in [0.5, 0.6) is 11.5 Å². The number of carbonyl (C=O) groups is 1. The van der Waals surface area contributed by atoms with Gasteiger partial charge in [-0.25, -0.2) is 8.42 Å². The summed E-state index contributed by atoms with van der Waals surface area (Å²) in [6.07, 6.45) is 2.15. The van der Waals surface area contributed by atoms with Crippen molar-refractivity contribution in [2.24, 2.45) is 5.92 Å². The van der Waals surface area contributed by atoms with Crippen LogP contribution in [0.3, 0.4) is 0 Å². The molecule has 3 rings (SSSR count). The van der Waals surface area contributed by atoms with Gasteiger partial charge in [0.1, 0.15) is 0 Å². The second-order valence-electron chi connectivity index (χ2n) is 9.73. The van der Waals surface area contributed by atoms with Crippen LogP contribution >= 0.6 is 11.3 Å². The van der Waals surface area contributed by atoms with Gasteiger partial charge in [-0.15, -0.1) is 11.3 Å². The fourth-order valence-electron chi connectivity index (χ4n) is 4.06. The number of ether oxygens (including phenoxy) is 2. The van der Waals surface area contributed by atoms with Crippen molar-refractivity contribution in [3.05, 3.63) is 87.0 Å². The van der Waals surface area contributed by atoms with E-state index < -0.39 is 10.0 Å². The summed E-state index contributed by atoms with van der Waals surface area (Å²) in [5.41, 5.74) is 2.88. The van der Waals surface area contributed by atoms with Crippen LogP contribution < -0.4 is 9.47 Å². The molecule has 0 aliphatic heterocycles. The minimum Gasteiger partial charge on any atom is -0.493 e. The van der Waals surface area contributed by atoms with Gasteiger partial charge in [0, 0.05) is 23.4 Å². The fourth-order valence-corrected chi connectivity index (χ4v) is 6.28. The summed E-state index contributed by atoms with van der Waals surface area (Å²) in [7, 11) is -0.640. The van der Waals surface area contributed by atoms with Gasteiger partial charge < -0.3 is 14.4 Å². The predicted octanol–water partition coefficient (Wildman–Crippen LogP) is 5.60.